The van der Waals surface area contributed by atoms with E-state index in [9.17, 15) is 18.0 Å². The summed E-state index contributed by atoms with van der Waals surface area (Å²) in [5.74, 6) is -1.05. The standard InChI is InChI=1S/C16H16N2O5S/c1-11(19)14-5-3-4-6-15(14)24(22,23)18(2)13-9-7-12(8-10-13)16(20)17-21/h3-10,21H,1-2H3,(H,17,20). The number of hydrogen-bond donors (Lipinski definition) is 2. The molecule has 0 spiro atoms. The summed E-state index contributed by atoms with van der Waals surface area (Å²) in [5.41, 5.74) is 2.09. The number of sulfonamides is 1. The Morgan fingerprint density at radius 1 is 1.04 bits per heavy atom. The minimum atomic E-state index is -3.94. The molecule has 0 radical (unpaired) electrons. The molecule has 2 aromatic rings. The largest absolute Gasteiger partial charge is 0.294 e. The molecule has 0 atom stereocenters. The number of ketones is 1. The predicted molar refractivity (Wildman–Crippen MR) is 87.7 cm³/mol. The summed E-state index contributed by atoms with van der Waals surface area (Å²) in [5, 5.41) is 8.59. The first-order valence-corrected chi connectivity index (χ1v) is 8.36. The summed E-state index contributed by atoms with van der Waals surface area (Å²) >= 11 is 0. The van der Waals surface area contributed by atoms with Crippen molar-refractivity contribution >= 4 is 27.4 Å². The zero-order chi connectivity index (χ0) is 17.9. The molecular formula is C16H16N2O5S. The molecule has 0 aromatic heterocycles. The molecule has 2 N–H and O–H groups in total. The minimum Gasteiger partial charge on any atom is -0.294 e. The Balaban J connectivity index is 2.43. The van der Waals surface area contributed by atoms with Gasteiger partial charge in [0, 0.05) is 18.2 Å². The van der Waals surface area contributed by atoms with E-state index in [1.54, 1.807) is 12.1 Å². The Hall–Kier alpha value is -2.71. The average Bonchev–Trinajstić information content (AvgIpc) is 2.60. The van der Waals surface area contributed by atoms with Gasteiger partial charge in [-0.1, -0.05) is 18.2 Å². The fraction of sp³-hybridized carbons (Fsp3) is 0.125. The van der Waals surface area contributed by atoms with Crippen LogP contribution < -0.4 is 9.79 Å². The van der Waals surface area contributed by atoms with E-state index < -0.39 is 15.9 Å². The van der Waals surface area contributed by atoms with E-state index >= 15 is 0 Å². The van der Waals surface area contributed by atoms with Crippen molar-refractivity contribution < 1.29 is 23.2 Å². The smallest absolute Gasteiger partial charge is 0.274 e. The lowest BCUT2D eigenvalue weighted by molar-refractivity contribution is 0.0706. The highest BCUT2D eigenvalue weighted by molar-refractivity contribution is 7.92. The Morgan fingerprint density at radius 3 is 2.17 bits per heavy atom. The second-order valence-electron chi connectivity index (χ2n) is 5.01. The monoisotopic (exact) mass is 348 g/mol. The number of nitrogens with one attached hydrogen (secondary N) is 1. The fourth-order valence-corrected chi connectivity index (χ4v) is 3.59. The van der Waals surface area contributed by atoms with Crippen LogP contribution in [-0.2, 0) is 10.0 Å². The minimum absolute atomic E-state index is 0.0859. The van der Waals surface area contributed by atoms with Gasteiger partial charge in [0.25, 0.3) is 15.9 Å². The lowest BCUT2D eigenvalue weighted by atomic mass is 10.1. The maximum atomic E-state index is 12.8. The lowest BCUT2D eigenvalue weighted by Gasteiger charge is -2.21. The molecule has 0 fully saturated rings. The Morgan fingerprint density at radius 2 is 1.62 bits per heavy atom. The van der Waals surface area contributed by atoms with Gasteiger partial charge >= 0.3 is 0 Å². The van der Waals surface area contributed by atoms with Crippen LogP contribution in [0.25, 0.3) is 0 Å². The van der Waals surface area contributed by atoms with Crippen LogP contribution in [0.5, 0.6) is 0 Å². The maximum absolute atomic E-state index is 12.8. The molecular weight excluding hydrogens is 332 g/mol. The van der Waals surface area contributed by atoms with Gasteiger partial charge in [-0.2, -0.15) is 0 Å². The number of benzene rings is 2. The maximum Gasteiger partial charge on any atom is 0.274 e. The van der Waals surface area contributed by atoms with Crippen molar-refractivity contribution in [3.63, 3.8) is 0 Å². The third kappa shape index (κ3) is 3.29. The molecule has 0 saturated carbocycles. The van der Waals surface area contributed by atoms with Crippen molar-refractivity contribution in [2.45, 2.75) is 11.8 Å². The van der Waals surface area contributed by atoms with E-state index in [0.717, 1.165) is 4.31 Å². The summed E-state index contributed by atoms with van der Waals surface area (Å²) in [6.45, 7) is 1.30. The Labute approximate surface area is 139 Å². The van der Waals surface area contributed by atoms with Crippen LogP contribution >= 0.6 is 0 Å². The van der Waals surface area contributed by atoms with Crippen LogP contribution in [0, 0.1) is 0 Å². The molecule has 24 heavy (non-hydrogen) atoms. The SMILES string of the molecule is CC(=O)c1ccccc1S(=O)(=O)N(C)c1ccc(C(=O)NO)cc1. The predicted octanol–water partition coefficient (Wildman–Crippen LogP) is 1.83. The Kier molecular flexibility index (Phi) is 5.01. The fourth-order valence-electron chi connectivity index (χ4n) is 2.16. The number of carbonyl (C=O) groups excluding carboxylic acids is 2. The highest BCUT2D eigenvalue weighted by Crippen LogP contribution is 2.25. The van der Waals surface area contributed by atoms with Crippen molar-refractivity contribution in [3.05, 3.63) is 59.7 Å². The Bertz CT molecular complexity index is 876. The van der Waals surface area contributed by atoms with Gasteiger partial charge < -0.3 is 0 Å². The molecule has 0 unspecified atom stereocenters. The van der Waals surface area contributed by atoms with Crippen LogP contribution in [0.3, 0.4) is 0 Å². The molecule has 7 nitrogen and oxygen atoms in total. The van der Waals surface area contributed by atoms with Crippen LogP contribution in [-0.4, -0.2) is 32.4 Å². The van der Waals surface area contributed by atoms with Crippen molar-refractivity contribution in [1.29, 1.82) is 0 Å². The third-order valence-electron chi connectivity index (χ3n) is 3.50. The zero-order valence-electron chi connectivity index (χ0n) is 13.1. The number of nitrogens with zero attached hydrogens (tertiary/aromatic N) is 1. The quantitative estimate of drug-likeness (QED) is 0.487. The molecule has 0 aliphatic carbocycles. The van der Waals surface area contributed by atoms with Crippen LogP contribution in [0.15, 0.2) is 53.4 Å². The summed E-state index contributed by atoms with van der Waals surface area (Å²) in [6.07, 6.45) is 0. The number of hydrogen-bond acceptors (Lipinski definition) is 5. The van der Waals surface area contributed by atoms with Crippen molar-refractivity contribution in [1.82, 2.24) is 5.48 Å². The van der Waals surface area contributed by atoms with Gasteiger partial charge in [-0.3, -0.25) is 19.1 Å². The highest BCUT2D eigenvalue weighted by Gasteiger charge is 2.25. The van der Waals surface area contributed by atoms with Crippen molar-refractivity contribution in [3.8, 4) is 0 Å². The number of carbonyl (C=O) groups is 2. The van der Waals surface area contributed by atoms with Gasteiger partial charge in [0.05, 0.1) is 10.6 Å². The number of hydroxylamine groups is 1. The number of anilines is 1. The van der Waals surface area contributed by atoms with Gasteiger partial charge in [0.1, 0.15) is 0 Å². The molecule has 2 rings (SSSR count). The summed E-state index contributed by atoms with van der Waals surface area (Å²) in [6, 6.07) is 11.6. The third-order valence-corrected chi connectivity index (χ3v) is 5.34. The topological polar surface area (TPSA) is 104 Å². The van der Waals surface area contributed by atoms with E-state index in [0.29, 0.717) is 5.69 Å². The van der Waals surface area contributed by atoms with Gasteiger partial charge in [0.15, 0.2) is 5.78 Å². The molecule has 0 aliphatic heterocycles. The normalized spacial score (nSPS) is 11.0. The van der Waals surface area contributed by atoms with Crippen LogP contribution in [0.4, 0.5) is 5.69 Å². The molecule has 0 aliphatic rings. The molecule has 0 heterocycles. The van der Waals surface area contributed by atoms with E-state index in [1.165, 1.54) is 55.8 Å². The average molecular weight is 348 g/mol. The highest BCUT2D eigenvalue weighted by atomic mass is 32.2. The second kappa shape index (κ2) is 6.81. The van der Waals surface area contributed by atoms with Gasteiger partial charge in [-0.25, -0.2) is 13.9 Å². The first kappa shape index (κ1) is 17.6. The molecule has 2 aromatic carbocycles. The second-order valence-corrected chi connectivity index (χ2v) is 6.95. The van der Waals surface area contributed by atoms with Gasteiger partial charge in [-0.15, -0.1) is 0 Å². The van der Waals surface area contributed by atoms with Crippen molar-refractivity contribution in [2.75, 3.05) is 11.4 Å². The summed E-state index contributed by atoms with van der Waals surface area (Å²) < 4.78 is 26.6. The molecule has 8 heteroatoms. The summed E-state index contributed by atoms with van der Waals surface area (Å²) in [4.78, 5) is 22.9. The lowest BCUT2D eigenvalue weighted by Crippen LogP contribution is -2.28. The number of rotatable bonds is 5. The van der Waals surface area contributed by atoms with Crippen molar-refractivity contribution in [2.24, 2.45) is 0 Å². The first-order chi connectivity index (χ1) is 11.3. The van der Waals surface area contributed by atoms with Crippen LogP contribution in [0.1, 0.15) is 27.6 Å². The molecule has 0 bridgehead atoms. The van der Waals surface area contributed by atoms with Gasteiger partial charge in [-0.05, 0) is 37.3 Å². The zero-order valence-corrected chi connectivity index (χ0v) is 13.9. The number of Topliss-reactive ketones (excluding diaryl/α,β-unsaturated/α-hetero) is 1. The number of amides is 1. The molecule has 0 saturated heterocycles. The molecule has 1 amide bonds. The molecule has 126 valence electrons. The van der Waals surface area contributed by atoms with E-state index in [4.69, 9.17) is 5.21 Å². The van der Waals surface area contributed by atoms with E-state index in [2.05, 4.69) is 0 Å². The summed E-state index contributed by atoms with van der Waals surface area (Å²) in [7, 11) is -2.59. The first-order valence-electron chi connectivity index (χ1n) is 6.92. The van der Waals surface area contributed by atoms with Crippen LogP contribution in [0.2, 0.25) is 0 Å². The van der Waals surface area contributed by atoms with E-state index in [-0.39, 0.29) is 21.8 Å². The van der Waals surface area contributed by atoms with E-state index in [1.807, 2.05) is 0 Å². The van der Waals surface area contributed by atoms with Gasteiger partial charge in [0.2, 0.25) is 0 Å².